The van der Waals surface area contributed by atoms with Crippen LogP contribution in [0.3, 0.4) is 0 Å². The molecular formula is C7H13N3O7. The number of nitrogens with two attached hydrogens (primary N) is 2. The molecule has 10 heteroatoms. The zero-order chi connectivity index (χ0) is 14.2. The van der Waals surface area contributed by atoms with Gasteiger partial charge in [0.2, 0.25) is 0 Å². The van der Waals surface area contributed by atoms with E-state index >= 15 is 0 Å². The van der Waals surface area contributed by atoms with E-state index in [-0.39, 0.29) is 5.96 Å². The number of rotatable bonds is 5. The number of hydrogen-bond donors (Lipinski definition) is 7. The Morgan fingerprint density at radius 3 is 1.35 bits per heavy atom. The summed E-state index contributed by atoms with van der Waals surface area (Å²) in [5.41, 5.74) is 6.21. The van der Waals surface area contributed by atoms with Crippen LogP contribution < -0.4 is 11.5 Å². The first-order valence-corrected chi connectivity index (χ1v) is 4.00. The summed E-state index contributed by atoms with van der Waals surface area (Å²) < 4.78 is 0. The molecule has 0 aromatic heterocycles. The monoisotopic (exact) mass is 251 g/mol. The molecule has 9 N–H and O–H groups in total. The highest BCUT2D eigenvalue weighted by molar-refractivity contribution is 5.88. The number of guanidine groups is 1. The molecule has 0 atom stereocenters. The van der Waals surface area contributed by atoms with Crippen LogP contribution in [0.4, 0.5) is 0 Å². The van der Waals surface area contributed by atoms with Gasteiger partial charge in [0.25, 0.3) is 0 Å². The van der Waals surface area contributed by atoms with Gasteiger partial charge in [0.15, 0.2) is 11.6 Å². The lowest BCUT2D eigenvalue weighted by molar-refractivity contribution is -0.170. The lowest BCUT2D eigenvalue weighted by Crippen LogP contribution is -2.42. The van der Waals surface area contributed by atoms with Crippen LogP contribution in [0, 0.1) is 5.41 Å². The molecule has 10 nitrogen and oxygen atoms in total. The Balaban J connectivity index is 0. The first kappa shape index (κ1) is 17.0. The van der Waals surface area contributed by atoms with Crippen molar-refractivity contribution < 1.29 is 34.8 Å². The molecule has 0 unspecified atom stereocenters. The van der Waals surface area contributed by atoms with Crippen molar-refractivity contribution in [2.45, 2.75) is 18.4 Å². The van der Waals surface area contributed by atoms with E-state index in [0.717, 1.165) is 0 Å². The number of aliphatic carboxylic acids is 3. The van der Waals surface area contributed by atoms with Crippen LogP contribution in [0.2, 0.25) is 0 Å². The predicted molar refractivity (Wildman–Crippen MR) is 53.2 cm³/mol. The number of aliphatic hydroxyl groups is 1. The van der Waals surface area contributed by atoms with Gasteiger partial charge in [-0.25, -0.2) is 4.79 Å². The third-order valence-corrected chi connectivity index (χ3v) is 1.29. The molecule has 0 aliphatic rings. The Morgan fingerprint density at radius 1 is 1.00 bits per heavy atom. The minimum atomic E-state index is -2.74. The third-order valence-electron chi connectivity index (χ3n) is 1.29. The number of carbonyl (C=O) groups is 3. The van der Waals surface area contributed by atoms with E-state index in [2.05, 4.69) is 11.5 Å². The molecule has 0 saturated heterocycles. The molecule has 0 aliphatic heterocycles. The van der Waals surface area contributed by atoms with Gasteiger partial charge in [-0.2, -0.15) is 0 Å². The summed E-state index contributed by atoms with van der Waals surface area (Å²) in [7, 11) is 0. The van der Waals surface area contributed by atoms with Crippen LogP contribution in [0.5, 0.6) is 0 Å². The summed E-state index contributed by atoms with van der Waals surface area (Å²) in [4.78, 5) is 30.5. The Labute approximate surface area is 95.0 Å². The van der Waals surface area contributed by atoms with Crippen molar-refractivity contribution in [3.63, 3.8) is 0 Å². The van der Waals surface area contributed by atoms with Gasteiger partial charge in [0.1, 0.15) is 0 Å². The topological polar surface area (TPSA) is 208 Å². The SMILES string of the molecule is N=C(N)N.O=C(O)CC(O)(CC(=O)O)C(=O)O. The standard InChI is InChI=1S/C6H8O7.CH5N3/c7-3(8)1-6(13,5(11)12)2-4(9)10;2-1(3)4/h13H,1-2H2,(H,7,8)(H,9,10)(H,11,12);(H5,2,3,4). The van der Waals surface area contributed by atoms with E-state index in [1.54, 1.807) is 0 Å². The zero-order valence-electron chi connectivity index (χ0n) is 8.58. The minimum Gasteiger partial charge on any atom is -0.481 e. The number of carboxylic acids is 3. The second-order valence-corrected chi connectivity index (χ2v) is 2.93. The Hall–Kier alpha value is -2.36. The summed E-state index contributed by atoms with van der Waals surface area (Å²) in [6.07, 6.45) is -2.29. The molecule has 0 amide bonds. The molecule has 0 bridgehead atoms. The Bertz CT molecular complexity index is 307. The second kappa shape index (κ2) is 7.00. The summed E-state index contributed by atoms with van der Waals surface area (Å²) in [5, 5.41) is 39.9. The fraction of sp³-hybridized carbons (Fsp3) is 0.429. The summed E-state index contributed by atoms with van der Waals surface area (Å²) >= 11 is 0. The Morgan fingerprint density at radius 2 is 1.24 bits per heavy atom. The van der Waals surface area contributed by atoms with E-state index in [1.165, 1.54) is 0 Å². The van der Waals surface area contributed by atoms with E-state index in [1.807, 2.05) is 0 Å². The van der Waals surface area contributed by atoms with Gasteiger partial charge in [-0.1, -0.05) is 0 Å². The van der Waals surface area contributed by atoms with Crippen molar-refractivity contribution in [1.82, 2.24) is 0 Å². The molecule has 0 fully saturated rings. The molecule has 0 aromatic rings. The van der Waals surface area contributed by atoms with Crippen molar-refractivity contribution in [2.24, 2.45) is 11.5 Å². The normalized spacial score (nSPS) is 9.71. The molecule has 0 heterocycles. The van der Waals surface area contributed by atoms with E-state index < -0.39 is 36.4 Å². The van der Waals surface area contributed by atoms with Gasteiger partial charge in [-0.15, -0.1) is 0 Å². The van der Waals surface area contributed by atoms with Crippen LogP contribution in [0.1, 0.15) is 12.8 Å². The van der Waals surface area contributed by atoms with Crippen molar-refractivity contribution in [3.05, 3.63) is 0 Å². The van der Waals surface area contributed by atoms with E-state index in [0.29, 0.717) is 0 Å². The summed E-state index contributed by atoms with van der Waals surface area (Å²) in [6.45, 7) is 0. The average molecular weight is 251 g/mol. The Kier molecular flexibility index (Phi) is 7.02. The maximum atomic E-state index is 10.3. The molecule has 0 aromatic carbocycles. The van der Waals surface area contributed by atoms with Crippen molar-refractivity contribution in [1.29, 1.82) is 5.41 Å². The average Bonchev–Trinajstić information content (AvgIpc) is 1.98. The fourth-order valence-corrected chi connectivity index (χ4v) is 0.714. The van der Waals surface area contributed by atoms with Crippen LogP contribution in [-0.4, -0.2) is 49.9 Å². The van der Waals surface area contributed by atoms with Gasteiger partial charge >= 0.3 is 17.9 Å². The second-order valence-electron chi connectivity index (χ2n) is 2.93. The van der Waals surface area contributed by atoms with E-state index in [9.17, 15) is 14.4 Å². The first-order valence-electron chi connectivity index (χ1n) is 4.00. The molecule has 0 spiro atoms. The van der Waals surface area contributed by atoms with Crippen molar-refractivity contribution in [3.8, 4) is 0 Å². The maximum Gasteiger partial charge on any atom is 0.336 e. The molecule has 0 radical (unpaired) electrons. The quantitative estimate of drug-likeness (QED) is 0.204. The van der Waals surface area contributed by atoms with Gasteiger partial charge in [0.05, 0.1) is 12.8 Å². The summed E-state index contributed by atoms with van der Waals surface area (Å²) in [6, 6.07) is 0. The van der Waals surface area contributed by atoms with Crippen LogP contribution in [0.25, 0.3) is 0 Å². The maximum absolute atomic E-state index is 10.3. The summed E-state index contributed by atoms with van der Waals surface area (Å²) in [5.74, 6) is -5.35. The number of hydrogen-bond acceptors (Lipinski definition) is 5. The molecule has 17 heavy (non-hydrogen) atoms. The van der Waals surface area contributed by atoms with Crippen molar-refractivity contribution in [2.75, 3.05) is 0 Å². The third kappa shape index (κ3) is 9.93. The van der Waals surface area contributed by atoms with Crippen molar-refractivity contribution >= 4 is 23.9 Å². The fourth-order valence-electron chi connectivity index (χ4n) is 0.714. The van der Waals surface area contributed by atoms with Gasteiger partial charge in [-0.05, 0) is 0 Å². The molecule has 0 rings (SSSR count). The van der Waals surface area contributed by atoms with Crippen LogP contribution in [-0.2, 0) is 14.4 Å². The molecule has 0 aliphatic carbocycles. The lowest BCUT2D eigenvalue weighted by atomic mass is 9.96. The van der Waals surface area contributed by atoms with Gasteiger partial charge in [0, 0.05) is 0 Å². The highest BCUT2D eigenvalue weighted by Gasteiger charge is 2.40. The first-order chi connectivity index (χ1) is 7.51. The lowest BCUT2D eigenvalue weighted by Gasteiger charge is -2.18. The highest BCUT2D eigenvalue weighted by Crippen LogP contribution is 2.15. The zero-order valence-corrected chi connectivity index (χ0v) is 8.58. The van der Waals surface area contributed by atoms with Crippen LogP contribution >= 0.6 is 0 Å². The number of carboxylic acid groups (broad SMARTS) is 3. The van der Waals surface area contributed by atoms with Gasteiger partial charge < -0.3 is 31.9 Å². The molecule has 0 saturated carbocycles. The minimum absolute atomic E-state index is 0.333. The largest absolute Gasteiger partial charge is 0.481 e. The van der Waals surface area contributed by atoms with E-state index in [4.69, 9.17) is 25.8 Å². The molecular weight excluding hydrogens is 238 g/mol. The predicted octanol–water partition coefficient (Wildman–Crippen LogP) is -2.41. The molecule has 98 valence electrons. The van der Waals surface area contributed by atoms with Gasteiger partial charge in [-0.3, -0.25) is 15.0 Å². The van der Waals surface area contributed by atoms with Crippen LogP contribution in [0.15, 0.2) is 0 Å². The highest BCUT2D eigenvalue weighted by atomic mass is 16.4. The number of nitrogens with one attached hydrogen (secondary N) is 1. The smallest absolute Gasteiger partial charge is 0.336 e.